The zero-order valence-corrected chi connectivity index (χ0v) is 21.5. The maximum atomic E-state index is 12.7. The first-order chi connectivity index (χ1) is 15.5. The van der Waals surface area contributed by atoms with Gasteiger partial charge < -0.3 is 14.6 Å². The van der Waals surface area contributed by atoms with E-state index in [-0.39, 0.29) is 24.0 Å². The van der Waals surface area contributed by atoms with Crippen molar-refractivity contribution in [2.45, 2.75) is 149 Å². The molecule has 5 nitrogen and oxygen atoms in total. The lowest BCUT2D eigenvalue weighted by molar-refractivity contribution is -0.161. The predicted molar refractivity (Wildman–Crippen MR) is 132 cm³/mol. The van der Waals surface area contributed by atoms with E-state index in [0.717, 1.165) is 77.0 Å². The number of ether oxygens (including phenoxy) is 2. The maximum absolute atomic E-state index is 12.7. The smallest absolute Gasteiger partial charge is 0.309 e. The Labute approximate surface area is 198 Å². The highest BCUT2D eigenvalue weighted by Gasteiger charge is 2.26. The highest BCUT2D eigenvalue weighted by molar-refractivity contribution is 5.72. The minimum Gasteiger partial charge on any atom is -0.469 e. The fourth-order valence-electron chi connectivity index (χ4n) is 4.08. The van der Waals surface area contributed by atoms with Gasteiger partial charge in [-0.1, -0.05) is 91.4 Å². The monoisotopic (exact) mass is 456 g/mol. The Bertz CT molecular complexity index is 451. The molecular weight excluding hydrogens is 404 g/mol. The number of aliphatic hydroxyl groups excluding tert-OH is 1. The van der Waals surface area contributed by atoms with Crippen LogP contribution >= 0.6 is 0 Å². The van der Waals surface area contributed by atoms with Gasteiger partial charge in [0.1, 0.15) is 6.10 Å². The Morgan fingerprint density at radius 2 is 1.28 bits per heavy atom. The van der Waals surface area contributed by atoms with Crippen molar-refractivity contribution in [1.29, 1.82) is 0 Å². The van der Waals surface area contributed by atoms with Gasteiger partial charge in [0, 0.05) is 6.42 Å². The fourth-order valence-corrected chi connectivity index (χ4v) is 4.08. The SMILES string of the molecule is CCCCCCCCC(OC(=O)C(CC)CCCC)C(O)CCCCCCCC(=O)OC. The molecule has 0 aromatic heterocycles. The molecule has 5 heteroatoms. The van der Waals surface area contributed by atoms with E-state index in [4.69, 9.17) is 4.74 Å². The van der Waals surface area contributed by atoms with Gasteiger partial charge in [0.15, 0.2) is 0 Å². The number of carbonyl (C=O) groups excluding carboxylic acids is 2. The molecule has 0 aromatic carbocycles. The van der Waals surface area contributed by atoms with Crippen molar-refractivity contribution in [3.8, 4) is 0 Å². The van der Waals surface area contributed by atoms with Crippen LogP contribution in [0, 0.1) is 5.92 Å². The van der Waals surface area contributed by atoms with Crippen LogP contribution in [0.15, 0.2) is 0 Å². The predicted octanol–water partition coefficient (Wildman–Crippen LogP) is 7.13. The summed E-state index contributed by atoms with van der Waals surface area (Å²) in [5.74, 6) is -0.327. The molecular formula is C27H52O5. The highest BCUT2D eigenvalue weighted by atomic mass is 16.6. The van der Waals surface area contributed by atoms with Crippen molar-refractivity contribution in [1.82, 2.24) is 0 Å². The summed E-state index contributed by atoms with van der Waals surface area (Å²) in [6, 6.07) is 0. The first kappa shape index (κ1) is 30.9. The van der Waals surface area contributed by atoms with E-state index < -0.39 is 6.10 Å². The lowest BCUT2D eigenvalue weighted by Gasteiger charge is -2.25. The summed E-state index contributed by atoms with van der Waals surface area (Å²) in [4.78, 5) is 23.9. The van der Waals surface area contributed by atoms with Crippen LogP contribution in [-0.4, -0.2) is 36.4 Å². The summed E-state index contributed by atoms with van der Waals surface area (Å²) in [6.45, 7) is 6.40. The van der Waals surface area contributed by atoms with E-state index >= 15 is 0 Å². The van der Waals surface area contributed by atoms with Crippen molar-refractivity contribution in [3.05, 3.63) is 0 Å². The molecule has 1 N–H and O–H groups in total. The van der Waals surface area contributed by atoms with Gasteiger partial charge in [0.2, 0.25) is 0 Å². The third-order valence-corrected chi connectivity index (χ3v) is 6.38. The number of esters is 2. The first-order valence-corrected chi connectivity index (χ1v) is 13.4. The zero-order chi connectivity index (χ0) is 24.0. The molecule has 3 unspecified atom stereocenters. The fraction of sp³-hybridized carbons (Fsp3) is 0.926. The van der Waals surface area contributed by atoms with Crippen molar-refractivity contribution < 1.29 is 24.2 Å². The normalized spacial score (nSPS) is 14.0. The number of methoxy groups -OCH3 is 1. The molecule has 0 saturated carbocycles. The maximum Gasteiger partial charge on any atom is 0.309 e. The van der Waals surface area contributed by atoms with Crippen molar-refractivity contribution in [3.63, 3.8) is 0 Å². The summed E-state index contributed by atoms with van der Waals surface area (Å²) in [6.07, 6.45) is 16.6. The number of rotatable bonds is 22. The van der Waals surface area contributed by atoms with Gasteiger partial charge in [-0.3, -0.25) is 9.59 Å². The summed E-state index contributed by atoms with van der Waals surface area (Å²) < 4.78 is 10.5. The Morgan fingerprint density at radius 3 is 1.88 bits per heavy atom. The second kappa shape index (κ2) is 21.7. The Kier molecular flexibility index (Phi) is 21.0. The Morgan fingerprint density at radius 1 is 0.719 bits per heavy atom. The van der Waals surface area contributed by atoms with Crippen LogP contribution in [0.1, 0.15) is 136 Å². The summed E-state index contributed by atoms with van der Waals surface area (Å²) in [5, 5.41) is 10.8. The molecule has 0 aliphatic carbocycles. The van der Waals surface area contributed by atoms with Crippen LogP contribution in [0.4, 0.5) is 0 Å². The standard InChI is InChI=1S/C27H52O5/c1-5-8-10-11-14-17-21-25(32-27(30)23(7-3)19-9-6-2)24(28)20-16-13-12-15-18-22-26(29)31-4/h23-25,28H,5-22H2,1-4H3. The molecule has 3 atom stereocenters. The summed E-state index contributed by atoms with van der Waals surface area (Å²) in [5.41, 5.74) is 0. The van der Waals surface area contributed by atoms with Gasteiger partial charge in [0.05, 0.1) is 19.1 Å². The molecule has 0 aliphatic heterocycles. The number of hydrogen-bond acceptors (Lipinski definition) is 5. The van der Waals surface area contributed by atoms with Crippen molar-refractivity contribution >= 4 is 11.9 Å². The molecule has 0 radical (unpaired) electrons. The molecule has 0 amide bonds. The van der Waals surface area contributed by atoms with Crippen molar-refractivity contribution in [2.75, 3.05) is 7.11 Å². The minimum absolute atomic E-state index is 0.0518. The lowest BCUT2D eigenvalue weighted by Crippen LogP contribution is -2.33. The van der Waals surface area contributed by atoms with Crippen LogP contribution in [0.5, 0.6) is 0 Å². The molecule has 0 spiro atoms. The summed E-state index contributed by atoms with van der Waals surface area (Å²) in [7, 11) is 1.42. The quantitative estimate of drug-likeness (QED) is 0.138. The molecule has 0 heterocycles. The minimum atomic E-state index is -0.589. The van der Waals surface area contributed by atoms with Crippen LogP contribution in [-0.2, 0) is 19.1 Å². The third-order valence-electron chi connectivity index (χ3n) is 6.38. The van der Waals surface area contributed by atoms with Gasteiger partial charge >= 0.3 is 11.9 Å². The molecule has 0 aromatic rings. The van der Waals surface area contributed by atoms with E-state index in [1.54, 1.807) is 0 Å². The average Bonchev–Trinajstić information content (AvgIpc) is 2.79. The van der Waals surface area contributed by atoms with Gasteiger partial charge in [-0.05, 0) is 38.5 Å². The van der Waals surface area contributed by atoms with E-state index in [2.05, 4.69) is 18.6 Å². The zero-order valence-electron chi connectivity index (χ0n) is 21.5. The number of aliphatic hydroxyl groups is 1. The number of hydrogen-bond donors (Lipinski definition) is 1. The average molecular weight is 457 g/mol. The van der Waals surface area contributed by atoms with Crippen LogP contribution in [0.25, 0.3) is 0 Å². The number of carbonyl (C=O) groups is 2. The van der Waals surface area contributed by atoms with E-state index in [1.807, 2.05) is 6.92 Å². The topological polar surface area (TPSA) is 72.8 Å². The van der Waals surface area contributed by atoms with Gasteiger partial charge in [-0.2, -0.15) is 0 Å². The molecule has 0 saturated heterocycles. The van der Waals surface area contributed by atoms with E-state index in [9.17, 15) is 14.7 Å². The van der Waals surface area contributed by atoms with Crippen LogP contribution in [0.3, 0.4) is 0 Å². The second-order valence-corrected chi connectivity index (χ2v) is 9.23. The van der Waals surface area contributed by atoms with Crippen LogP contribution in [0.2, 0.25) is 0 Å². The van der Waals surface area contributed by atoms with E-state index in [0.29, 0.717) is 12.8 Å². The lowest BCUT2D eigenvalue weighted by atomic mass is 9.97. The molecule has 0 aliphatic rings. The molecule has 190 valence electrons. The number of unbranched alkanes of at least 4 members (excludes halogenated alkanes) is 10. The highest BCUT2D eigenvalue weighted by Crippen LogP contribution is 2.21. The summed E-state index contributed by atoms with van der Waals surface area (Å²) >= 11 is 0. The molecule has 32 heavy (non-hydrogen) atoms. The first-order valence-electron chi connectivity index (χ1n) is 13.4. The van der Waals surface area contributed by atoms with Gasteiger partial charge in [-0.25, -0.2) is 0 Å². The molecule has 0 fully saturated rings. The van der Waals surface area contributed by atoms with Crippen molar-refractivity contribution in [2.24, 2.45) is 5.92 Å². The molecule has 0 bridgehead atoms. The van der Waals surface area contributed by atoms with E-state index in [1.165, 1.54) is 32.8 Å². The second-order valence-electron chi connectivity index (χ2n) is 9.23. The molecule has 0 rings (SSSR count). The van der Waals surface area contributed by atoms with Crippen LogP contribution < -0.4 is 0 Å². The third kappa shape index (κ3) is 16.5. The van der Waals surface area contributed by atoms with Gasteiger partial charge in [-0.15, -0.1) is 0 Å². The Hall–Kier alpha value is -1.10. The largest absolute Gasteiger partial charge is 0.469 e. The van der Waals surface area contributed by atoms with Gasteiger partial charge in [0.25, 0.3) is 0 Å². The Balaban J connectivity index is 4.46.